The Kier molecular flexibility index (Phi) is 2.90. The van der Waals surface area contributed by atoms with Gasteiger partial charge in [-0.2, -0.15) is 14.9 Å². The van der Waals surface area contributed by atoms with Crippen molar-refractivity contribution in [2.45, 2.75) is 6.92 Å². The molecule has 0 saturated heterocycles. The van der Waals surface area contributed by atoms with Gasteiger partial charge in [-0.25, -0.2) is 4.98 Å². The quantitative estimate of drug-likeness (QED) is 0.658. The Labute approximate surface area is 115 Å². The molecule has 1 aromatic carbocycles. The first-order valence-electron chi connectivity index (χ1n) is 6.16. The number of benzene rings is 1. The van der Waals surface area contributed by atoms with Gasteiger partial charge < -0.3 is 0 Å². The van der Waals surface area contributed by atoms with E-state index in [1.54, 1.807) is 23.0 Å². The maximum absolute atomic E-state index is 12.2. The van der Waals surface area contributed by atoms with Crippen LogP contribution in [0.25, 0.3) is 10.9 Å². The van der Waals surface area contributed by atoms with Gasteiger partial charge in [0.25, 0.3) is 5.56 Å². The molecule has 6 nitrogen and oxygen atoms in total. The Balaban J connectivity index is 2.03. The van der Waals surface area contributed by atoms with E-state index in [-0.39, 0.29) is 5.56 Å². The highest BCUT2D eigenvalue weighted by Crippen LogP contribution is 2.04. The molecule has 0 aliphatic heterocycles. The number of rotatable bonds is 2. The van der Waals surface area contributed by atoms with Crippen LogP contribution in [-0.4, -0.2) is 25.7 Å². The third-order valence-corrected chi connectivity index (χ3v) is 3.10. The van der Waals surface area contributed by atoms with Crippen molar-refractivity contribution in [2.75, 3.05) is 0 Å². The van der Waals surface area contributed by atoms with Crippen LogP contribution in [0.3, 0.4) is 0 Å². The molecule has 0 saturated carbocycles. The number of aryl methyl sites for hydroxylation is 2. The average molecular weight is 267 g/mol. The van der Waals surface area contributed by atoms with E-state index in [0.717, 1.165) is 5.69 Å². The van der Waals surface area contributed by atoms with Crippen molar-refractivity contribution in [3.05, 3.63) is 58.4 Å². The van der Waals surface area contributed by atoms with Gasteiger partial charge in [0.2, 0.25) is 0 Å². The molecule has 6 heteroatoms. The molecule has 0 radical (unpaired) electrons. The molecule has 0 spiro atoms. The van der Waals surface area contributed by atoms with Gasteiger partial charge in [0.1, 0.15) is 12.0 Å². The fourth-order valence-electron chi connectivity index (χ4n) is 1.91. The maximum atomic E-state index is 12.2. The van der Waals surface area contributed by atoms with Gasteiger partial charge >= 0.3 is 0 Å². The zero-order valence-electron chi connectivity index (χ0n) is 11.2. The maximum Gasteiger partial charge on any atom is 0.281 e. The second kappa shape index (κ2) is 4.73. The fraction of sp³-hybridized carbons (Fsp3) is 0.143. The van der Waals surface area contributed by atoms with Gasteiger partial charge in [0.15, 0.2) is 0 Å². The van der Waals surface area contributed by atoms with E-state index in [0.29, 0.717) is 16.6 Å². The summed E-state index contributed by atoms with van der Waals surface area (Å²) in [6, 6.07) is 9.08. The summed E-state index contributed by atoms with van der Waals surface area (Å²) in [4.78, 5) is 16.4. The number of aromatic nitrogens is 4. The normalized spacial score (nSPS) is 11.5. The Morgan fingerprint density at radius 2 is 2.10 bits per heavy atom. The van der Waals surface area contributed by atoms with Crippen LogP contribution < -0.4 is 5.56 Å². The lowest BCUT2D eigenvalue weighted by atomic mass is 10.2. The Hall–Kier alpha value is -2.76. The van der Waals surface area contributed by atoms with Crippen molar-refractivity contribution in [1.29, 1.82) is 0 Å². The summed E-state index contributed by atoms with van der Waals surface area (Å²) in [6.45, 7) is 1.95. The highest BCUT2D eigenvalue weighted by Gasteiger charge is 2.02. The summed E-state index contributed by atoms with van der Waals surface area (Å²) in [7, 11) is 1.86. The van der Waals surface area contributed by atoms with Crippen LogP contribution in [0.5, 0.6) is 0 Å². The monoisotopic (exact) mass is 267 g/mol. The first-order chi connectivity index (χ1) is 9.65. The van der Waals surface area contributed by atoms with E-state index >= 15 is 0 Å². The molecule has 0 bridgehead atoms. The molecule has 100 valence electrons. The van der Waals surface area contributed by atoms with Crippen LogP contribution in [0.4, 0.5) is 0 Å². The second-order valence-corrected chi connectivity index (χ2v) is 4.49. The standard InChI is InChI=1S/C14H13N5O/c1-10-7-11(17-18(10)2)8-16-19-9-15-13-6-4-3-5-12(13)14(19)20/h3-9H,1-2H3/b16-8+. The van der Waals surface area contributed by atoms with Gasteiger partial charge in [-0.05, 0) is 25.1 Å². The second-order valence-electron chi connectivity index (χ2n) is 4.49. The van der Waals surface area contributed by atoms with Crippen molar-refractivity contribution in [1.82, 2.24) is 19.4 Å². The van der Waals surface area contributed by atoms with Crippen LogP contribution in [0.1, 0.15) is 11.4 Å². The van der Waals surface area contributed by atoms with Gasteiger partial charge in [-0.15, -0.1) is 0 Å². The Morgan fingerprint density at radius 3 is 2.85 bits per heavy atom. The molecular formula is C14H13N5O. The Morgan fingerprint density at radius 1 is 1.30 bits per heavy atom. The highest BCUT2D eigenvalue weighted by atomic mass is 16.1. The van der Waals surface area contributed by atoms with E-state index in [4.69, 9.17) is 0 Å². The smallest absolute Gasteiger partial charge is 0.272 e. The largest absolute Gasteiger partial charge is 0.281 e. The summed E-state index contributed by atoms with van der Waals surface area (Å²) >= 11 is 0. The predicted molar refractivity (Wildman–Crippen MR) is 76.9 cm³/mol. The molecule has 0 fully saturated rings. The van der Waals surface area contributed by atoms with Crippen molar-refractivity contribution >= 4 is 17.1 Å². The van der Waals surface area contributed by atoms with Gasteiger partial charge in [-0.1, -0.05) is 12.1 Å². The molecule has 0 aliphatic rings. The van der Waals surface area contributed by atoms with Gasteiger partial charge in [0.05, 0.1) is 17.1 Å². The van der Waals surface area contributed by atoms with Crippen LogP contribution in [0.2, 0.25) is 0 Å². The van der Waals surface area contributed by atoms with Crippen LogP contribution >= 0.6 is 0 Å². The zero-order valence-corrected chi connectivity index (χ0v) is 11.2. The van der Waals surface area contributed by atoms with Crippen molar-refractivity contribution < 1.29 is 0 Å². The van der Waals surface area contributed by atoms with Crippen LogP contribution in [0.15, 0.2) is 46.6 Å². The highest BCUT2D eigenvalue weighted by molar-refractivity contribution is 5.78. The van der Waals surface area contributed by atoms with Crippen LogP contribution in [-0.2, 0) is 7.05 Å². The van der Waals surface area contributed by atoms with E-state index in [1.807, 2.05) is 32.2 Å². The molecule has 0 aliphatic carbocycles. The zero-order chi connectivity index (χ0) is 14.1. The molecule has 20 heavy (non-hydrogen) atoms. The topological polar surface area (TPSA) is 65.1 Å². The van der Waals surface area contributed by atoms with E-state index < -0.39 is 0 Å². The summed E-state index contributed by atoms with van der Waals surface area (Å²) < 4.78 is 2.97. The summed E-state index contributed by atoms with van der Waals surface area (Å²) in [5.74, 6) is 0. The molecule has 3 rings (SSSR count). The average Bonchev–Trinajstić information content (AvgIpc) is 2.77. The molecular weight excluding hydrogens is 254 g/mol. The minimum Gasteiger partial charge on any atom is -0.272 e. The summed E-state index contributed by atoms with van der Waals surface area (Å²) in [6.07, 6.45) is 2.96. The SMILES string of the molecule is Cc1cc(/C=N/n2cnc3ccccc3c2=O)nn1C. The van der Waals surface area contributed by atoms with Crippen molar-refractivity contribution in [3.8, 4) is 0 Å². The Bertz CT molecular complexity index is 840. The third kappa shape index (κ3) is 2.11. The number of hydrogen-bond donors (Lipinski definition) is 0. The minimum absolute atomic E-state index is 0.195. The molecule has 0 N–H and O–H groups in total. The number of nitrogens with zero attached hydrogens (tertiary/aromatic N) is 5. The lowest BCUT2D eigenvalue weighted by Crippen LogP contribution is -2.17. The molecule has 2 heterocycles. The molecule has 0 unspecified atom stereocenters. The number of para-hydroxylation sites is 1. The lowest BCUT2D eigenvalue weighted by Gasteiger charge is -1.99. The first-order valence-corrected chi connectivity index (χ1v) is 6.16. The van der Waals surface area contributed by atoms with E-state index in [2.05, 4.69) is 15.2 Å². The minimum atomic E-state index is -0.195. The molecule has 0 amide bonds. The summed E-state index contributed by atoms with van der Waals surface area (Å²) in [5.41, 5.74) is 2.19. The van der Waals surface area contributed by atoms with Gasteiger partial charge in [-0.3, -0.25) is 9.48 Å². The summed E-state index contributed by atoms with van der Waals surface area (Å²) in [5, 5.41) is 8.92. The number of fused-ring (bicyclic) bond motifs is 1. The third-order valence-electron chi connectivity index (χ3n) is 3.10. The van der Waals surface area contributed by atoms with Crippen molar-refractivity contribution in [2.24, 2.45) is 12.1 Å². The van der Waals surface area contributed by atoms with Crippen LogP contribution in [0, 0.1) is 6.92 Å². The lowest BCUT2D eigenvalue weighted by molar-refractivity contribution is 0.737. The fourth-order valence-corrected chi connectivity index (χ4v) is 1.91. The van der Waals surface area contributed by atoms with Crippen molar-refractivity contribution in [3.63, 3.8) is 0 Å². The van der Waals surface area contributed by atoms with E-state index in [9.17, 15) is 4.79 Å². The molecule has 0 atom stereocenters. The van der Waals surface area contributed by atoms with E-state index in [1.165, 1.54) is 11.0 Å². The molecule has 3 aromatic rings. The number of hydrogen-bond acceptors (Lipinski definition) is 4. The van der Waals surface area contributed by atoms with Gasteiger partial charge in [0, 0.05) is 12.7 Å². The predicted octanol–water partition coefficient (Wildman–Crippen LogP) is 1.32. The first kappa shape index (κ1) is 12.3. The molecule has 2 aromatic heterocycles.